The molecular formula is C19H21ClN2O5. The van der Waals surface area contributed by atoms with Gasteiger partial charge in [-0.05, 0) is 43.3 Å². The van der Waals surface area contributed by atoms with Crippen molar-refractivity contribution in [3.05, 3.63) is 52.5 Å². The molecule has 0 bridgehead atoms. The van der Waals surface area contributed by atoms with Gasteiger partial charge in [-0.2, -0.15) is 0 Å². The monoisotopic (exact) mass is 392 g/mol. The van der Waals surface area contributed by atoms with E-state index in [0.717, 1.165) is 5.56 Å². The van der Waals surface area contributed by atoms with Crippen LogP contribution in [-0.2, 0) is 9.53 Å². The van der Waals surface area contributed by atoms with Crippen molar-refractivity contribution in [1.82, 2.24) is 5.32 Å². The highest BCUT2D eigenvalue weighted by atomic mass is 35.5. The van der Waals surface area contributed by atoms with Crippen LogP contribution in [0.3, 0.4) is 0 Å². The molecule has 1 amide bonds. The number of esters is 1. The van der Waals surface area contributed by atoms with Gasteiger partial charge in [0, 0.05) is 16.3 Å². The van der Waals surface area contributed by atoms with Crippen LogP contribution in [0.5, 0.6) is 11.5 Å². The first-order valence-corrected chi connectivity index (χ1v) is 8.47. The Morgan fingerprint density at radius 2 is 1.89 bits per heavy atom. The quantitative estimate of drug-likeness (QED) is 0.555. The van der Waals surface area contributed by atoms with Gasteiger partial charge in [0.2, 0.25) is 0 Å². The van der Waals surface area contributed by atoms with Crippen molar-refractivity contribution in [3.8, 4) is 11.5 Å². The summed E-state index contributed by atoms with van der Waals surface area (Å²) in [6, 6.07) is 9.33. The Morgan fingerprint density at radius 1 is 1.15 bits per heavy atom. The van der Waals surface area contributed by atoms with Crippen LogP contribution in [0.1, 0.15) is 28.9 Å². The first kappa shape index (κ1) is 20.4. The van der Waals surface area contributed by atoms with E-state index in [9.17, 15) is 9.59 Å². The molecule has 2 aromatic carbocycles. The molecule has 2 rings (SSSR count). The molecule has 1 atom stereocenters. The van der Waals surface area contributed by atoms with E-state index in [1.807, 2.05) is 0 Å². The predicted molar refractivity (Wildman–Crippen MR) is 102 cm³/mol. The van der Waals surface area contributed by atoms with E-state index in [4.69, 9.17) is 31.5 Å². The van der Waals surface area contributed by atoms with Gasteiger partial charge in [-0.1, -0.05) is 11.6 Å². The van der Waals surface area contributed by atoms with Crippen LogP contribution in [-0.4, -0.2) is 32.7 Å². The topological polar surface area (TPSA) is 99.9 Å². The second-order valence-corrected chi connectivity index (χ2v) is 6.14. The Hall–Kier alpha value is -2.93. The highest BCUT2D eigenvalue weighted by molar-refractivity contribution is 6.31. The number of carbonyl (C=O) groups excluding carboxylic acids is 2. The summed E-state index contributed by atoms with van der Waals surface area (Å²) in [5, 5.41) is 3.09. The molecule has 0 aliphatic carbocycles. The van der Waals surface area contributed by atoms with Crippen molar-refractivity contribution >= 4 is 29.2 Å². The number of rotatable bonds is 7. The van der Waals surface area contributed by atoms with E-state index in [-0.39, 0.29) is 11.3 Å². The Morgan fingerprint density at radius 3 is 2.56 bits per heavy atom. The zero-order valence-electron chi connectivity index (χ0n) is 15.2. The molecule has 0 aliphatic heterocycles. The normalized spacial score (nSPS) is 11.4. The number of nitrogen functional groups attached to an aromatic ring is 1. The maximum Gasteiger partial charge on any atom is 0.340 e. The van der Waals surface area contributed by atoms with Crippen molar-refractivity contribution < 1.29 is 23.8 Å². The summed E-state index contributed by atoms with van der Waals surface area (Å²) in [6.45, 7) is 1.33. The first-order valence-electron chi connectivity index (χ1n) is 8.09. The summed E-state index contributed by atoms with van der Waals surface area (Å²) in [6.07, 6.45) is 0. The second kappa shape index (κ2) is 9.14. The SMILES string of the molecule is COc1ccc(OC)c([C@H](C)NC(=O)COC(=O)c2cc(Cl)ccc2N)c1. The highest BCUT2D eigenvalue weighted by Crippen LogP contribution is 2.29. The lowest BCUT2D eigenvalue weighted by atomic mass is 10.1. The van der Waals surface area contributed by atoms with Gasteiger partial charge in [0.05, 0.1) is 25.8 Å². The summed E-state index contributed by atoms with van der Waals surface area (Å²) in [7, 11) is 3.09. The van der Waals surface area contributed by atoms with E-state index >= 15 is 0 Å². The number of methoxy groups -OCH3 is 2. The summed E-state index contributed by atoms with van der Waals surface area (Å²) in [5.41, 5.74) is 6.79. The summed E-state index contributed by atoms with van der Waals surface area (Å²) in [5.74, 6) is 0.0418. The number of benzene rings is 2. The minimum Gasteiger partial charge on any atom is -0.497 e. The Labute approximate surface area is 162 Å². The molecule has 3 N–H and O–H groups in total. The van der Waals surface area contributed by atoms with Crippen LogP contribution in [0.2, 0.25) is 5.02 Å². The van der Waals surface area contributed by atoms with Gasteiger partial charge < -0.3 is 25.3 Å². The predicted octanol–water partition coefficient (Wildman–Crippen LogP) is 2.97. The maximum atomic E-state index is 12.2. The van der Waals surface area contributed by atoms with Crippen LogP contribution < -0.4 is 20.5 Å². The third kappa shape index (κ3) is 5.27. The Balaban J connectivity index is 1.99. The van der Waals surface area contributed by atoms with E-state index in [2.05, 4.69) is 5.32 Å². The molecule has 0 radical (unpaired) electrons. The number of carbonyl (C=O) groups is 2. The molecule has 7 nitrogen and oxygen atoms in total. The van der Waals surface area contributed by atoms with Gasteiger partial charge in [0.25, 0.3) is 5.91 Å². The molecule has 0 unspecified atom stereocenters. The Kier molecular flexibility index (Phi) is 6.90. The minimum absolute atomic E-state index is 0.109. The fourth-order valence-corrected chi connectivity index (χ4v) is 2.62. The van der Waals surface area contributed by atoms with Crippen LogP contribution in [0, 0.1) is 0 Å². The molecule has 8 heteroatoms. The second-order valence-electron chi connectivity index (χ2n) is 5.70. The van der Waals surface area contributed by atoms with Crippen molar-refractivity contribution in [2.24, 2.45) is 0 Å². The third-order valence-corrected chi connectivity index (χ3v) is 4.09. The molecule has 0 fully saturated rings. The molecule has 0 heterocycles. The largest absolute Gasteiger partial charge is 0.497 e. The lowest BCUT2D eigenvalue weighted by Crippen LogP contribution is -2.31. The summed E-state index contributed by atoms with van der Waals surface area (Å²) >= 11 is 5.85. The molecule has 0 saturated carbocycles. The number of anilines is 1. The lowest BCUT2D eigenvalue weighted by Gasteiger charge is -2.18. The fraction of sp³-hybridized carbons (Fsp3) is 0.263. The van der Waals surface area contributed by atoms with Gasteiger partial charge in [0.15, 0.2) is 6.61 Å². The first-order chi connectivity index (χ1) is 12.8. The van der Waals surface area contributed by atoms with E-state index in [1.54, 1.807) is 38.3 Å². The van der Waals surface area contributed by atoms with Crippen molar-refractivity contribution in [1.29, 1.82) is 0 Å². The van der Waals surface area contributed by atoms with Crippen LogP contribution in [0.15, 0.2) is 36.4 Å². The molecular weight excluding hydrogens is 372 g/mol. The number of ether oxygens (including phenoxy) is 3. The Bertz CT molecular complexity index is 841. The van der Waals surface area contributed by atoms with E-state index in [1.165, 1.54) is 19.2 Å². The third-order valence-electron chi connectivity index (χ3n) is 3.85. The minimum atomic E-state index is -0.725. The molecule has 0 saturated heterocycles. The molecule has 0 aromatic heterocycles. The van der Waals surface area contributed by atoms with Crippen LogP contribution >= 0.6 is 11.6 Å². The average molecular weight is 393 g/mol. The van der Waals surface area contributed by atoms with Gasteiger partial charge in [-0.15, -0.1) is 0 Å². The molecule has 2 aromatic rings. The molecule has 0 aliphatic rings. The van der Waals surface area contributed by atoms with Crippen LogP contribution in [0.25, 0.3) is 0 Å². The van der Waals surface area contributed by atoms with Gasteiger partial charge in [-0.3, -0.25) is 4.79 Å². The maximum absolute atomic E-state index is 12.2. The van der Waals surface area contributed by atoms with Crippen molar-refractivity contribution in [3.63, 3.8) is 0 Å². The lowest BCUT2D eigenvalue weighted by molar-refractivity contribution is -0.124. The number of hydrogen-bond donors (Lipinski definition) is 2. The molecule has 144 valence electrons. The van der Waals surface area contributed by atoms with Crippen molar-refractivity contribution in [2.45, 2.75) is 13.0 Å². The average Bonchev–Trinajstić information content (AvgIpc) is 2.67. The number of nitrogens with two attached hydrogens (primary N) is 1. The number of halogens is 1. The van der Waals surface area contributed by atoms with E-state index < -0.39 is 24.5 Å². The molecule has 27 heavy (non-hydrogen) atoms. The summed E-state index contributed by atoms with van der Waals surface area (Å²) in [4.78, 5) is 24.2. The zero-order valence-corrected chi connectivity index (χ0v) is 16.0. The standard InChI is InChI=1S/C19H21ClN2O5/c1-11(14-9-13(25-2)5-7-17(14)26-3)22-18(23)10-27-19(24)15-8-12(20)4-6-16(15)21/h4-9,11H,10,21H2,1-3H3,(H,22,23)/t11-/m0/s1. The number of amides is 1. The number of hydrogen-bond acceptors (Lipinski definition) is 6. The van der Waals surface area contributed by atoms with Gasteiger partial charge >= 0.3 is 5.97 Å². The fourth-order valence-electron chi connectivity index (χ4n) is 2.45. The zero-order chi connectivity index (χ0) is 20.0. The summed E-state index contributed by atoms with van der Waals surface area (Å²) < 4.78 is 15.5. The highest BCUT2D eigenvalue weighted by Gasteiger charge is 2.18. The van der Waals surface area contributed by atoms with Crippen molar-refractivity contribution in [2.75, 3.05) is 26.6 Å². The van der Waals surface area contributed by atoms with Crippen LogP contribution in [0.4, 0.5) is 5.69 Å². The smallest absolute Gasteiger partial charge is 0.340 e. The number of nitrogens with one attached hydrogen (secondary N) is 1. The molecule has 0 spiro atoms. The van der Waals surface area contributed by atoms with Gasteiger partial charge in [0.1, 0.15) is 11.5 Å². The van der Waals surface area contributed by atoms with Gasteiger partial charge in [-0.25, -0.2) is 4.79 Å². The van der Waals surface area contributed by atoms with E-state index in [0.29, 0.717) is 16.5 Å².